The largest absolute Gasteiger partial charge is 0.341 e. The van der Waals surface area contributed by atoms with Crippen LogP contribution in [0.5, 0.6) is 0 Å². The van der Waals surface area contributed by atoms with Crippen molar-refractivity contribution in [1.29, 1.82) is 0 Å². The van der Waals surface area contributed by atoms with E-state index in [9.17, 15) is 4.79 Å². The van der Waals surface area contributed by atoms with Crippen LogP contribution in [0, 0.1) is 17.8 Å². The normalized spacial score (nSPS) is 40.5. The highest BCUT2D eigenvalue weighted by molar-refractivity contribution is 5.82. The highest BCUT2D eigenvalue weighted by Crippen LogP contribution is 2.56. The van der Waals surface area contributed by atoms with Gasteiger partial charge in [0.1, 0.15) is 0 Å². The molecule has 1 heterocycles. The third kappa shape index (κ3) is 2.10. The molecule has 3 heteroatoms. The summed E-state index contributed by atoms with van der Waals surface area (Å²) < 4.78 is 0. The number of hydrogen-bond donors (Lipinski definition) is 1. The number of amides is 1. The van der Waals surface area contributed by atoms with Crippen molar-refractivity contribution in [2.24, 2.45) is 17.8 Å². The van der Waals surface area contributed by atoms with Crippen LogP contribution in [0.2, 0.25) is 0 Å². The molecule has 3 rings (SSSR count). The molecule has 0 aromatic rings. The van der Waals surface area contributed by atoms with Crippen LogP contribution in [-0.2, 0) is 4.79 Å². The number of nitrogens with one attached hydrogen (secondary N) is 1. The van der Waals surface area contributed by atoms with Crippen LogP contribution in [-0.4, -0.2) is 37.0 Å². The van der Waals surface area contributed by atoms with Gasteiger partial charge in [-0.05, 0) is 44.1 Å². The van der Waals surface area contributed by atoms with Gasteiger partial charge in [-0.25, -0.2) is 0 Å². The van der Waals surface area contributed by atoms with E-state index in [0.717, 1.165) is 24.9 Å². The molecule has 0 radical (unpaired) electrons. The molecule has 1 N–H and O–H groups in total. The maximum atomic E-state index is 12.5. The van der Waals surface area contributed by atoms with Crippen molar-refractivity contribution in [3.63, 3.8) is 0 Å². The summed E-state index contributed by atoms with van der Waals surface area (Å²) in [5, 5.41) is 3.40. The van der Waals surface area contributed by atoms with Crippen LogP contribution < -0.4 is 5.32 Å². The summed E-state index contributed by atoms with van der Waals surface area (Å²) in [5.41, 5.74) is 0. The van der Waals surface area contributed by atoms with Crippen molar-refractivity contribution in [1.82, 2.24) is 10.2 Å². The molecular formula is C14H24N2O. The lowest BCUT2D eigenvalue weighted by molar-refractivity contribution is -0.134. The fourth-order valence-corrected chi connectivity index (χ4v) is 3.94. The van der Waals surface area contributed by atoms with Crippen LogP contribution in [0.15, 0.2) is 0 Å². The van der Waals surface area contributed by atoms with Crippen LogP contribution >= 0.6 is 0 Å². The maximum Gasteiger partial charge on any atom is 0.226 e. The van der Waals surface area contributed by atoms with Crippen molar-refractivity contribution in [3.8, 4) is 0 Å². The lowest BCUT2D eigenvalue weighted by Crippen LogP contribution is -2.47. The van der Waals surface area contributed by atoms with E-state index in [1.54, 1.807) is 0 Å². The lowest BCUT2D eigenvalue weighted by Gasteiger charge is -2.32. The van der Waals surface area contributed by atoms with Crippen LogP contribution in [0.25, 0.3) is 0 Å². The molecular weight excluding hydrogens is 212 g/mol. The quantitative estimate of drug-likeness (QED) is 0.790. The molecule has 2 saturated carbocycles. The zero-order valence-electron chi connectivity index (χ0n) is 10.8. The van der Waals surface area contributed by atoms with Gasteiger partial charge in [0, 0.05) is 25.6 Å². The third-order valence-electron chi connectivity index (χ3n) is 5.11. The molecule has 3 nitrogen and oxygen atoms in total. The molecule has 3 fully saturated rings. The van der Waals surface area contributed by atoms with Crippen molar-refractivity contribution in [2.45, 2.75) is 44.6 Å². The Labute approximate surface area is 104 Å². The fourth-order valence-electron chi connectivity index (χ4n) is 3.94. The Kier molecular flexibility index (Phi) is 3.12. The molecule has 3 unspecified atom stereocenters. The van der Waals surface area contributed by atoms with Gasteiger partial charge in [0.2, 0.25) is 5.91 Å². The van der Waals surface area contributed by atoms with Gasteiger partial charge in [-0.15, -0.1) is 0 Å². The summed E-state index contributed by atoms with van der Waals surface area (Å²) in [7, 11) is 2.02. The zero-order chi connectivity index (χ0) is 11.8. The SMILES string of the molecule is CN(C(=O)C1C2CCCCC21)C1CCCNC1. The molecule has 96 valence electrons. The van der Waals surface area contributed by atoms with Crippen molar-refractivity contribution >= 4 is 5.91 Å². The Morgan fingerprint density at radius 1 is 1.12 bits per heavy atom. The molecule has 0 spiro atoms. The Morgan fingerprint density at radius 2 is 1.82 bits per heavy atom. The number of hydrogen-bond acceptors (Lipinski definition) is 2. The van der Waals surface area contributed by atoms with Gasteiger partial charge in [0.05, 0.1) is 0 Å². The first-order chi connectivity index (χ1) is 8.29. The minimum Gasteiger partial charge on any atom is -0.341 e. The van der Waals surface area contributed by atoms with Gasteiger partial charge in [0.25, 0.3) is 0 Å². The summed E-state index contributed by atoms with van der Waals surface area (Å²) >= 11 is 0. The molecule has 0 aromatic heterocycles. The second kappa shape index (κ2) is 4.60. The molecule has 0 bridgehead atoms. The average Bonchev–Trinajstić information content (AvgIpc) is 3.12. The Balaban J connectivity index is 1.58. The van der Waals surface area contributed by atoms with Crippen molar-refractivity contribution in [2.75, 3.05) is 20.1 Å². The number of carbonyl (C=O) groups is 1. The molecule has 1 aliphatic heterocycles. The van der Waals surface area contributed by atoms with Crippen LogP contribution in [0.3, 0.4) is 0 Å². The first kappa shape index (κ1) is 11.5. The Bertz CT molecular complexity index is 287. The Hall–Kier alpha value is -0.570. The van der Waals surface area contributed by atoms with E-state index in [2.05, 4.69) is 10.2 Å². The van der Waals surface area contributed by atoms with E-state index in [1.807, 2.05) is 7.05 Å². The summed E-state index contributed by atoms with van der Waals surface area (Å²) in [6.07, 6.45) is 7.69. The van der Waals surface area contributed by atoms with E-state index in [-0.39, 0.29) is 0 Å². The van der Waals surface area contributed by atoms with Crippen molar-refractivity contribution < 1.29 is 4.79 Å². The number of fused-ring (bicyclic) bond motifs is 1. The summed E-state index contributed by atoms with van der Waals surface area (Å²) in [5.74, 6) is 2.32. The highest BCUT2D eigenvalue weighted by atomic mass is 16.2. The maximum absolute atomic E-state index is 12.5. The van der Waals surface area contributed by atoms with Gasteiger partial charge < -0.3 is 10.2 Å². The number of rotatable bonds is 2. The fraction of sp³-hybridized carbons (Fsp3) is 0.929. The van der Waals surface area contributed by atoms with Gasteiger partial charge in [-0.3, -0.25) is 4.79 Å². The second-order valence-corrected chi connectivity index (χ2v) is 6.09. The molecule has 1 amide bonds. The number of carbonyl (C=O) groups excluding carboxylic acids is 1. The Morgan fingerprint density at radius 3 is 2.41 bits per heavy atom. The van der Waals surface area contributed by atoms with E-state index >= 15 is 0 Å². The highest BCUT2D eigenvalue weighted by Gasteiger charge is 2.55. The predicted molar refractivity (Wildman–Crippen MR) is 67.6 cm³/mol. The molecule has 1 saturated heterocycles. The monoisotopic (exact) mass is 236 g/mol. The average molecular weight is 236 g/mol. The summed E-state index contributed by atoms with van der Waals surface area (Å²) in [4.78, 5) is 14.5. The summed E-state index contributed by atoms with van der Waals surface area (Å²) in [6, 6.07) is 0.443. The van der Waals surface area contributed by atoms with Crippen molar-refractivity contribution in [3.05, 3.63) is 0 Å². The van der Waals surface area contributed by atoms with Gasteiger partial charge in [-0.2, -0.15) is 0 Å². The number of nitrogens with zero attached hydrogens (tertiary/aromatic N) is 1. The minimum absolute atomic E-state index is 0.393. The molecule has 2 aliphatic carbocycles. The minimum atomic E-state index is 0.393. The van der Waals surface area contributed by atoms with Gasteiger partial charge in [-0.1, -0.05) is 12.8 Å². The van der Waals surface area contributed by atoms with Gasteiger partial charge in [0.15, 0.2) is 0 Å². The first-order valence-corrected chi connectivity index (χ1v) is 7.26. The van der Waals surface area contributed by atoms with E-state index in [1.165, 1.54) is 38.5 Å². The van der Waals surface area contributed by atoms with Crippen LogP contribution in [0.1, 0.15) is 38.5 Å². The zero-order valence-corrected chi connectivity index (χ0v) is 10.8. The molecule has 3 atom stereocenters. The first-order valence-electron chi connectivity index (χ1n) is 7.26. The number of likely N-dealkylation sites (N-methyl/N-ethyl adjacent to an activating group) is 1. The second-order valence-electron chi connectivity index (χ2n) is 6.09. The lowest BCUT2D eigenvalue weighted by atomic mass is 10.0. The van der Waals surface area contributed by atoms with E-state index in [4.69, 9.17) is 0 Å². The van der Waals surface area contributed by atoms with E-state index < -0.39 is 0 Å². The third-order valence-corrected chi connectivity index (χ3v) is 5.11. The molecule has 17 heavy (non-hydrogen) atoms. The number of piperidine rings is 1. The molecule has 0 aromatic carbocycles. The standard InChI is InChI=1S/C14H24N2O/c1-16(10-5-4-8-15-9-10)14(17)13-11-6-2-3-7-12(11)13/h10-13,15H,2-9H2,1H3. The molecule has 3 aliphatic rings. The summed E-state index contributed by atoms with van der Waals surface area (Å²) in [6.45, 7) is 2.11. The van der Waals surface area contributed by atoms with Gasteiger partial charge >= 0.3 is 0 Å². The smallest absolute Gasteiger partial charge is 0.226 e. The predicted octanol–water partition coefficient (Wildman–Crippen LogP) is 1.63. The van der Waals surface area contributed by atoms with Crippen LogP contribution in [0.4, 0.5) is 0 Å². The topological polar surface area (TPSA) is 32.3 Å². The van der Waals surface area contributed by atoms with E-state index in [0.29, 0.717) is 17.9 Å².